The molecule has 1 fully saturated rings. The number of nitrogens with one attached hydrogen (secondary N) is 1. The number of rotatable bonds is 5. The van der Waals surface area contributed by atoms with Crippen molar-refractivity contribution in [2.45, 2.75) is 58.1 Å². The van der Waals surface area contributed by atoms with Crippen LogP contribution in [0.1, 0.15) is 46.0 Å². The summed E-state index contributed by atoms with van der Waals surface area (Å²) >= 11 is 0. The molecule has 1 heterocycles. The van der Waals surface area contributed by atoms with Crippen molar-refractivity contribution in [2.24, 2.45) is 0 Å². The van der Waals surface area contributed by atoms with Gasteiger partial charge in [0.2, 0.25) is 0 Å². The molecule has 1 aliphatic rings. The van der Waals surface area contributed by atoms with E-state index in [1.54, 1.807) is 0 Å². The Morgan fingerprint density at radius 3 is 2.85 bits per heavy atom. The van der Waals surface area contributed by atoms with Crippen LogP contribution >= 0.6 is 0 Å². The Morgan fingerprint density at radius 2 is 2.23 bits per heavy atom. The van der Waals surface area contributed by atoms with Gasteiger partial charge < -0.3 is 10.1 Å². The van der Waals surface area contributed by atoms with Crippen LogP contribution in [0.4, 0.5) is 0 Å². The molecule has 1 aliphatic heterocycles. The van der Waals surface area contributed by atoms with E-state index < -0.39 is 0 Å². The largest absolute Gasteiger partial charge is 0.379 e. The van der Waals surface area contributed by atoms with E-state index in [2.05, 4.69) is 19.2 Å². The molecule has 0 bridgehead atoms. The van der Waals surface area contributed by atoms with Gasteiger partial charge in [0.1, 0.15) is 0 Å². The summed E-state index contributed by atoms with van der Waals surface area (Å²) in [7, 11) is 0. The fourth-order valence-electron chi connectivity index (χ4n) is 1.82. The quantitative estimate of drug-likeness (QED) is 0.664. The lowest BCUT2D eigenvalue weighted by atomic mass is 10.0. The van der Waals surface area contributed by atoms with Gasteiger partial charge in [0.15, 0.2) is 0 Å². The Labute approximate surface area is 82.0 Å². The molecular formula is C11H23NO. The van der Waals surface area contributed by atoms with Gasteiger partial charge in [0.05, 0.1) is 6.10 Å². The van der Waals surface area contributed by atoms with Crippen molar-refractivity contribution in [1.82, 2.24) is 5.32 Å². The molecule has 1 atom stereocenters. The number of ether oxygens (including phenoxy) is 1. The van der Waals surface area contributed by atoms with E-state index in [1.807, 2.05) is 0 Å². The topological polar surface area (TPSA) is 21.3 Å². The SMILES string of the molecule is CC(C)OCCCC1CCCCN1. The van der Waals surface area contributed by atoms with Crippen molar-refractivity contribution in [2.75, 3.05) is 13.2 Å². The Balaban J connectivity index is 1.92. The van der Waals surface area contributed by atoms with E-state index >= 15 is 0 Å². The highest BCUT2D eigenvalue weighted by Crippen LogP contribution is 2.11. The molecule has 13 heavy (non-hydrogen) atoms. The Bertz CT molecular complexity index is 119. The zero-order chi connectivity index (χ0) is 9.52. The lowest BCUT2D eigenvalue weighted by molar-refractivity contribution is 0.0739. The van der Waals surface area contributed by atoms with Gasteiger partial charge in [-0.2, -0.15) is 0 Å². The highest BCUT2D eigenvalue weighted by Gasteiger charge is 2.11. The molecule has 0 spiro atoms. The van der Waals surface area contributed by atoms with E-state index in [0.717, 1.165) is 12.6 Å². The van der Waals surface area contributed by atoms with E-state index in [0.29, 0.717) is 6.10 Å². The summed E-state index contributed by atoms with van der Waals surface area (Å²) in [5.74, 6) is 0. The van der Waals surface area contributed by atoms with Crippen LogP contribution in [0.3, 0.4) is 0 Å². The molecular weight excluding hydrogens is 162 g/mol. The van der Waals surface area contributed by atoms with Crippen LogP contribution in [0.5, 0.6) is 0 Å². The van der Waals surface area contributed by atoms with Crippen LogP contribution in [0.2, 0.25) is 0 Å². The summed E-state index contributed by atoms with van der Waals surface area (Å²) in [4.78, 5) is 0. The van der Waals surface area contributed by atoms with Crippen molar-refractivity contribution in [3.63, 3.8) is 0 Å². The lowest BCUT2D eigenvalue weighted by Crippen LogP contribution is -2.34. The maximum Gasteiger partial charge on any atom is 0.0518 e. The molecule has 0 aromatic heterocycles. The molecule has 1 saturated heterocycles. The minimum atomic E-state index is 0.388. The van der Waals surface area contributed by atoms with Gasteiger partial charge in [0, 0.05) is 12.6 Å². The first-order valence-corrected chi connectivity index (χ1v) is 5.64. The predicted octanol–water partition coefficient (Wildman–Crippen LogP) is 2.33. The zero-order valence-corrected chi connectivity index (χ0v) is 9.01. The maximum atomic E-state index is 5.51. The fourth-order valence-corrected chi connectivity index (χ4v) is 1.82. The first kappa shape index (κ1) is 11.0. The predicted molar refractivity (Wildman–Crippen MR) is 56.0 cm³/mol. The highest BCUT2D eigenvalue weighted by molar-refractivity contribution is 4.71. The van der Waals surface area contributed by atoms with Crippen molar-refractivity contribution < 1.29 is 4.74 Å². The summed E-state index contributed by atoms with van der Waals surface area (Å²) in [6, 6.07) is 0.768. The van der Waals surface area contributed by atoms with Gasteiger partial charge >= 0.3 is 0 Å². The number of hydrogen-bond donors (Lipinski definition) is 1. The number of piperidine rings is 1. The van der Waals surface area contributed by atoms with Crippen molar-refractivity contribution >= 4 is 0 Å². The average molecular weight is 185 g/mol. The summed E-state index contributed by atoms with van der Waals surface area (Å²) < 4.78 is 5.51. The lowest BCUT2D eigenvalue weighted by Gasteiger charge is -2.23. The molecule has 1 rings (SSSR count). The van der Waals surface area contributed by atoms with Gasteiger partial charge in [-0.15, -0.1) is 0 Å². The van der Waals surface area contributed by atoms with E-state index in [-0.39, 0.29) is 0 Å². The second-order valence-corrected chi connectivity index (χ2v) is 4.21. The third kappa shape index (κ3) is 5.27. The molecule has 0 aliphatic carbocycles. The maximum absolute atomic E-state index is 5.51. The van der Waals surface area contributed by atoms with Crippen LogP contribution in [0.15, 0.2) is 0 Å². The fraction of sp³-hybridized carbons (Fsp3) is 1.00. The summed E-state index contributed by atoms with van der Waals surface area (Å²) in [6.45, 7) is 6.34. The molecule has 2 nitrogen and oxygen atoms in total. The Hall–Kier alpha value is -0.0800. The Morgan fingerprint density at radius 1 is 1.38 bits per heavy atom. The van der Waals surface area contributed by atoms with Crippen LogP contribution in [0.25, 0.3) is 0 Å². The molecule has 1 N–H and O–H groups in total. The minimum Gasteiger partial charge on any atom is -0.379 e. The van der Waals surface area contributed by atoms with Gasteiger partial charge in [-0.3, -0.25) is 0 Å². The summed E-state index contributed by atoms with van der Waals surface area (Å²) in [5.41, 5.74) is 0. The van der Waals surface area contributed by atoms with E-state index in [4.69, 9.17) is 4.74 Å². The molecule has 78 valence electrons. The van der Waals surface area contributed by atoms with Gasteiger partial charge in [0.25, 0.3) is 0 Å². The van der Waals surface area contributed by atoms with Gasteiger partial charge in [-0.25, -0.2) is 0 Å². The average Bonchev–Trinajstić information content (AvgIpc) is 2.14. The first-order valence-electron chi connectivity index (χ1n) is 5.64. The standard InChI is InChI=1S/C11H23NO/c1-10(2)13-9-5-7-11-6-3-4-8-12-11/h10-12H,3-9H2,1-2H3. The molecule has 0 aromatic carbocycles. The molecule has 0 radical (unpaired) electrons. The van der Waals surface area contributed by atoms with Crippen LogP contribution in [-0.4, -0.2) is 25.3 Å². The van der Waals surface area contributed by atoms with Crippen molar-refractivity contribution in [3.8, 4) is 0 Å². The zero-order valence-electron chi connectivity index (χ0n) is 9.01. The van der Waals surface area contributed by atoms with Gasteiger partial charge in [-0.1, -0.05) is 6.42 Å². The molecule has 0 amide bonds. The van der Waals surface area contributed by atoms with Gasteiger partial charge in [-0.05, 0) is 46.1 Å². The summed E-state index contributed by atoms with van der Waals surface area (Å²) in [5, 5.41) is 3.55. The third-order valence-corrected chi connectivity index (χ3v) is 2.56. The van der Waals surface area contributed by atoms with Crippen molar-refractivity contribution in [3.05, 3.63) is 0 Å². The number of hydrogen-bond acceptors (Lipinski definition) is 2. The van der Waals surface area contributed by atoms with Crippen LogP contribution in [0, 0.1) is 0 Å². The molecule has 0 aromatic rings. The van der Waals surface area contributed by atoms with Crippen LogP contribution in [-0.2, 0) is 4.74 Å². The smallest absolute Gasteiger partial charge is 0.0518 e. The monoisotopic (exact) mass is 185 g/mol. The second-order valence-electron chi connectivity index (χ2n) is 4.21. The first-order chi connectivity index (χ1) is 6.29. The molecule has 2 heteroatoms. The summed E-state index contributed by atoms with van der Waals surface area (Å²) in [6.07, 6.45) is 7.01. The van der Waals surface area contributed by atoms with Crippen molar-refractivity contribution in [1.29, 1.82) is 0 Å². The third-order valence-electron chi connectivity index (χ3n) is 2.56. The second kappa shape index (κ2) is 6.39. The molecule has 1 unspecified atom stereocenters. The highest BCUT2D eigenvalue weighted by atomic mass is 16.5. The van der Waals surface area contributed by atoms with Crippen LogP contribution < -0.4 is 5.32 Å². The normalized spacial score (nSPS) is 23.8. The van der Waals surface area contributed by atoms with E-state index in [1.165, 1.54) is 38.6 Å². The van der Waals surface area contributed by atoms with E-state index in [9.17, 15) is 0 Å². The molecule has 0 saturated carbocycles. The Kier molecular flexibility index (Phi) is 5.40. The minimum absolute atomic E-state index is 0.388.